The molecule has 0 spiro atoms. The monoisotopic (exact) mass is 256 g/mol. The van der Waals surface area contributed by atoms with E-state index in [9.17, 15) is 0 Å². The van der Waals surface area contributed by atoms with Crippen LogP contribution in [0.4, 0.5) is 0 Å². The molecule has 1 aliphatic rings. The third-order valence-corrected chi connectivity index (χ3v) is 3.89. The fourth-order valence-corrected chi connectivity index (χ4v) is 2.66. The van der Waals surface area contributed by atoms with Crippen molar-refractivity contribution in [1.82, 2.24) is 4.98 Å². The van der Waals surface area contributed by atoms with E-state index >= 15 is 0 Å². The van der Waals surface area contributed by atoms with Gasteiger partial charge >= 0.3 is 0 Å². The molecule has 0 radical (unpaired) electrons. The maximum atomic E-state index is 5.88. The fraction of sp³-hybridized carbons (Fsp3) is 0.438. The molecule has 0 aliphatic heterocycles. The maximum Gasteiger partial charge on any atom is 0.199 e. The third kappa shape index (κ3) is 2.71. The van der Waals surface area contributed by atoms with Gasteiger partial charge in [-0.05, 0) is 37.8 Å². The van der Waals surface area contributed by atoms with Crippen LogP contribution in [0, 0.1) is 12.8 Å². The quantitative estimate of drug-likeness (QED) is 0.918. The van der Waals surface area contributed by atoms with Gasteiger partial charge in [-0.2, -0.15) is 0 Å². The molecule has 1 aromatic carbocycles. The molecule has 0 bridgehead atoms. The van der Waals surface area contributed by atoms with E-state index in [1.54, 1.807) is 0 Å². The van der Waals surface area contributed by atoms with Gasteiger partial charge in [-0.25, -0.2) is 4.98 Å². The minimum absolute atomic E-state index is 0.574. The average Bonchev–Trinajstić information content (AvgIpc) is 2.82. The van der Waals surface area contributed by atoms with Crippen LogP contribution in [-0.4, -0.2) is 11.5 Å². The zero-order valence-electron chi connectivity index (χ0n) is 11.4. The smallest absolute Gasteiger partial charge is 0.199 e. The summed E-state index contributed by atoms with van der Waals surface area (Å²) < 4.78 is 5.88. The van der Waals surface area contributed by atoms with Crippen LogP contribution in [-0.2, 0) is 19.3 Å². The Kier molecular flexibility index (Phi) is 3.38. The van der Waals surface area contributed by atoms with Gasteiger partial charge in [0.15, 0.2) is 5.89 Å². The van der Waals surface area contributed by atoms with Crippen LogP contribution < -0.4 is 5.73 Å². The molecule has 3 rings (SSSR count). The number of nitrogens with zero attached hydrogens (tertiary/aromatic N) is 1. The highest BCUT2D eigenvalue weighted by atomic mass is 16.4. The number of fused-ring (bicyclic) bond motifs is 1. The van der Waals surface area contributed by atoms with E-state index in [2.05, 4.69) is 36.2 Å². The molecule has 100 valence electrons. The van der Waals surface area contributed by atoms with Gasteiger partial charge in [-0.1, -0.05) is 29.8 Å². The highest BCUT2D eigenvalue weighted by molar-refractivity contribution is 5.24. The number of hydrogen-bond donors (Lipinski definition) is 1. The molecule has 1 aromatic heterocycles. The molecule has 3 heteroatoms. The third-order valence-electron chi connectivity index (χ3n) is 3.89. The van der Waals surface area contributed by atoms with E-state index in [1.807, 2.05) is 0 Å². The fourth-order valence-electron chi connectivity index (χ4n) is 2.66. The Morgan fingerprint density at radius 2 is 2.11 bits per heavy atom. The highest BCUT2D eigenvalue weighted by Crippen LogP contribution is 2.26. The first kappa shape index (κ1) is 12.4. The lowest BCUT2D eigenvalue weighted by atomic mass is 9.90. The van der Waals surface area contributed by atoms with Crippen molar-refractivity contribution >= 4 is 0 Å². The van der Waals surface area contributed by atoms with Gasteiger partial charge in [0.2, 0.25) is 0 Å². The lowest BCUT2D eigenvalue weighted by molar-refractivity contribution is 0.399. The van der Waals surface area contributed by atoms with Gasteiger partial charge in [-0.3, -0.25) is 0 Å². The van der Waals surface area contributed by atoms with Gasteiger partial charge < -0.3 is 10.2 Å². The lowest BCUT2D eigenvalue weighted by Gasteiger charge is -2.17. The van der Waals surface area contributed by atoms with Crippen molar-refractivity contribution in [3.05, 3.63) is 52.7 Å². The standard InChI is InChI=1S/C16H20N2O/c1-11-2-4-12(5-3-11)9-16-18-14-8-13(10-17)6-7-15(14)19-16/h2-5,13H,6-10,17H2,1H3. The summed E-state index contributed by atoms with van der Waals surface area (Å²) in [5.74, 6) is 2.49. The minimum atomic E-state index is 0.574. The van der Waals surface area contributed by atoms with Crippen molar-refractivity contribution in [1.29, 1.82) is 0 Å². The molecule has 0 fully saturated rings. The summed E-state index contributed by atoms with van der Waals surface area (Å²) in [7, 11) is 0. The van der Waals surface area contributed by atoms with Crippen LogP contribution in [0.2, 0.25) is 0 Å². The van der Waals surface area contributed by atoms with Crippen molar-refractivity contribution in [3.8, 4) is 0 Å². The Hall–Kier alpha value is -1.61. The van der Waals surface area contributed by atoms with Crippen LogP contribution in [0.15, 0.2) is 28.7 Å². The van der Waals surface area contributed by atoms with Crippen LogP contribution >= 0.6 is 0 Å². The maximum absolute atomic E-state index is 5.88. The van der Waals surface area contributed by atoms with Gasteiger partial charge in [0.05, 0.1) is 5.69 Å². The Morgan fingerprint density at radius 3 is 2.84 bits per heavy atom. The Labute approximate surface area is 113 Å². The van der Waals surface area contributed by atoms with E-state index in [0.29, 0.717) is 5.92 Å². The van der Waals surface area contributed by atoms with Crippen LogP contribution in [0.5, 0.6) is 0 Å². The van der Waals surface area contributed by atoms with E-state index in [0.717, 1.165) is 49.6 Å². The predicted octanol–water partition coefficient (Wildman–Crippen LogP) is 2.64. The molecule has 1 unspecified atom stereocenters. The number of oxazole rings is 1. The summed E-state index contributed by atoms with van der Waals surface area (Å²) in [6.07, 6.45) is 3.87. The van der Waals surface area contributed by atoms with Crippen LogP contribution in [0.1, 0.15) is 34.9 Å². The van der Waals surface area contributed by atoms with E-state index in [-0.39, 0.29) is 0 Å². The van der Waals surface area contributed by atoms with Crippen LogP contribution in [0.25, 0.3) is 0 Å². The molecule has 2 N–H and O–H groups in total. The number of aromatic nitrogens is 1. The Balaban J connectivity index is 1.76. The van der Waals surface area contributed by atoms with E-state index < -0.39 is 0 Å². The summed E-state index contributed by atoms with van der Waals surface area (Å²) in [5.41, 5.74) is 9.40. The molecule has 0 amide bonds. The lowest BCUT2D eigenvalue weighted by Crippen LogP contribution is -2.21. The number of benzene rings is 1. The second-order valence-electron chi connectivity index (χ2n) is 5.48. The van der Waals surface area contributed by atoms with Gasteiger partial charge in [0.1, 0.15) is 5.76 Å². The van der Waals surface area contributed by atoms with Gasteiger partial charge in [-0.15, -0.1) is 0 Å². The summed E-state index contributed by atoms with van der Waals surface area (Å²) in [6, 6.07) is 8.54. The molecule has 2 aromatic rings. The Morgan fingerprint density at radius 1 is 1.32 bits per heavy atom. The molecule has 3 nitrogen and oxygen atoms in total. The molecular weight excluding hydrogens is 236 g/mol. The van der Waals surface area contributed by atoms with Crippen molar-refractivity contribution in [3.63, 3.8) is 0 Å². The zero-order valence-corrected chi connectivity index (χ0v) is 11.4. The minimum Gasteiger partial charge on any atom is -0.445 e. The average molecular weight is 256 g/mol. The van der Waals surface area contributed by atoms with Gasteiger partial charge in [0, 0.05) is 12.8 Å². The first-order valence-corrected chi connectivity index (χ1v) is 6.97. The van der Waals surface area contributed by atoms with Crippen molar-refractivity contribution in [2.24, 2.45) is 11.7 Å². The number of nitrogens with two attached hydrogens (primary N) is 1. The summed E-state index contributed by atoms with van der Waals surface area (Å²) >= 11 is 0. The second-order valence-corrected chi connectivity index (χ2v) is 5.48. The molecular formula is C16H20N2O. The first-order chi connectivity index (χ1) is 9.24. The Bertz CT molecular complexity index is 557. The largest absolute Gasteiger partial charge is 0.445 e. The summed E-state index contributed by atoms with van der Waals surface area (Å²) in [4.78, 5) is 4.64. The molecule has 0 saturated heterocycles. The zero-order chi connectivity index (χ0) is 13.2. The van der Waals surface area contributed by atoms with E-state index in [4.69, 9.17) is 10.2 Å². The molecule has 1 aliphatic carbocycles. The first-order valence-electron chi connectivity index (χ1n) is 6.97. The SMILES string of the molecule is Cc1ccc(Cc2nc3c(o2)CCC(CN)C3)cc1. The topological polar surface area (TPSA) is 52.0 Å². The summed E-state index contributed by atoms with van der Waals surface area (Å²) in [5, 5.41) is 0. The molecule has 19 heavy (non-hydrogen) atoms. The second kappa shape index (κ2) is 5.17. The van der Waals surface area contributed by atoms with Crippen molar-refractivity contribution in [2.75, 3.05) is 6.54 Å². The van der Waals surface area contributed by atoms with Crippen molar-refractivity contribution in [2.45, 2.75) is 32.6 Å². The van der Waals surface area contributed by atoms with Gasteiger partial charge in [0.25, 0.3) is 0 Å². The molecule has 1 heterocycles. The normalized spacial score (nSPS) is 18.3. The molecule has 1 atom stereocenters. The number of rotatable bonds is 3. The number of aryl methyl sites for hydroxylation is 2. The van der Waals surface area contributed by atoms with Crippen molar-refractivity contribution < 1.29 is 4.42 Å². The van der Waals surface area contributed by atoms with Crippen LogP contribution in [0.3, 0.4) is 0 Å². The summed E-state index contributed by atoms with van der Waals surface area (Å²) in [6.45, 7) is 2.85. The van der Waals surface area contributed by atoms with E-state index in [1.165, 1.54) is 11.1 Å². The molecule has 0 saturated carbocycles. The highest BCUT2D eigenvalue weighted by Gasteiger charge is 2.23. The predicted molar refractivity (Wildman–Crippen MR) is 75.1 cm³/mol. The number of hydrogen-bond acceptors (Lipinski definition) is 3.